The third-order valence-electron chi connectivity index (χ3n) is 5.82. The van der Waals surface area contributed by atoms with Crippen LogP contribution in [0.15, 0.2) is 48.7 Å². The first-order chi connectivity index (χ1) is 12.4. The van der Waals surface area contributed by atoms with Gasteiger partial charge in [-0.1, -0.05) is 64.1 Å². The van der Waals surface area contributed by atoms with Crippen molar-refractivity contribution in [1.82, 2.24) is 9.88 Å². The smallest absolute Gasteiger partial charge is 0.155 e. The number of pyridine rings is 1. The second-order valence-electron chi connectivity index (χ2n) is 8.38. The Morgan fingerprint density at radius 2 is 1.85 bits per heavy atom. The first-order valence-corrected chi connectivity index (χ1v) is 9.50. The maximum atomic E-state index is 13.5. The molecule has 3 heterocycles. The molecule has 0 amide bonds. The zero-order valence-electron chi connectivity index (χ0n) is 15.9. The molecule has 1 aromatic carbocycles. The van der Waals surface area contributed by atoms with Crippen molar-refractivity contribution in [3.8, 4) is 0 Å². The highest BCUT2D eigenvalue weighted by Crippen LogP contribution is 2.54. The number of hydrogen-bond donors (Lipinski definition) is 1. The molecule has 1 N–H and O–H groups in total. The van der Waals surface area contributed by atoms with Gasteiger partial charge in [-0.15, -0.1) is 0 Å². The van der Waals surface area contributed by atoms with Gasteiger partial charge < -0.3 is 5.32 Å². The largest absolute Gasteiger partial charge is 0.354 e. The summed E-state index contributed by atoms with van der Waals surface area (Å²) in [7, 11) is 0. The summed E-state index contributed by atoms with van der Waals surface area (Å²) in [6, 6.07) is 14.5. The second-order valence-corrected chi connectivity index (χ2v) is 8.38. The Hall–Kier alpha value is -2.20. The summed E-state index contributed by atoms with van der Waals surface area (Å²) in [5.41, 5.74) is 2.09. The zero-order chi connectivity index (χ0) is 18.5. The van der Waals surface area contributed by atoms with Crippen LogP contribution in [0.5, 0.6) is 0 Å². The number of likely N-dealkylation sites (N-methyl/N-ethyl adjacent to an activating group) is 1. The lowest BCUT2D eigenvalue weighted by Crippen LogP contribution is -2.48. The number of likely N-dealkylation sites (tertiary alicyclic amines) is 1. The highest BCUT2D eigenvalue weighted by atomic mass is 16.1. The number of fused-ring (bicyclic) bond motifs is 3. The third-order valence-corrected chi connectivity index (χ3v) is 5.82. The van der Waals surface area contributed by atoms with Crippen molar-refractivity contribution in [2.45, 2.75) is 51.7 Å². The van der Waals surface area contributed by atoms with E-state index in [2.05, 4.69) is 52.5 Å². The van der Waals surface area contributed by atoms with Crippen molar-refractivity contribution in [3.05, 3.63) is 59.8 Å². The third kappa shape index (κ3) is 2.55. The summed E-state index contributed by atoms with van der Waals surface area (Å²) in [4.78, 5) is 20.4. The summed E-state index contributed by atoms with van der Waals surface area (Å²) in [5, 5.41) is 3.60. The van der Waals surface area contributed by atoms with Gasteiger partial charge in [0.25, 0.3) is 0 Å². The molecule has 4 atom stereocenters. The van der Waals surface area contributed by atoms with Gasteiger partial charge in [0.2, 0.25) is 0 Å². The summed E-state index contributed by atoms with van der Waals surface area (Å²) in [6.45, 7) is 9.07. The number of nitrogens with zero attached hydrogens (tertiary/aromatic N) is 2. The minimum atomic E-state index is -0.373. The van der Waals surface area contributed by atoms with E-state index >= 15 is 0 Å². The topological polar surface area (TPSA) is 45.2 Å². The van der Waals surface area contributed by atoms with E-state index in [1.54, 1.807) is 0 Å². The van der Waals surface area contributed by atoms with Crippen LogP contribution in [0.2, 0.25) is 0 Å². The Balaban J connectivity index is 1.87. The van der Waals surface area contributed by atoms with Crippen LogP contribution in [0.3, 0.4) is 0 Å². The van der Waals surface area contributed by atoms with Gasteiger partial charge in [0.05, 0.1) is 12.2 Å². The van der Waals surface area contributed by atoms with Gasteiger partial charge in [-0.2, -0.15) is 0 Å². The van der Waals surface area contributed by atoms with Crippen LogP contribution in [-0.4, -0.2) is 34.4 Å². The molecule has 0 radical (unpaired) electrons. The van der Waals surface area contributed by atoms with E-state index in [0.29, 0.717) is 5.78 Å². The summed E-state index contributed by atoms with van der Waals surface area (Å²) >= 11 is 0. The van der Waals surface area contributed by atoms with E-state index in [1.807, 2.05) is 39.1 Å². The van der Waals surface area contributed by atoms with Crippen LogP contribution in [0.1, 0.15) is 50.7 Å². The second kappa shape index (κ2) is 6.20. The number of benzene rings is 1. The number of nitrogens with one attached hydrogen (secondary N) is 1. The lowest BCUT2D eigenvalue weighted by molar-refractivity contribution is -0.131. The predicted molar refractivity (Wildman–Crippen MR) is 104 cm³/mol. The molecule has 0 spiro atoms. The number of anilines is 1. The number of hydrogen-bond acceptors (Lipinski definition) is 4. The number of Topliss-reactive ketones (excluding diaryl/α,β-unsaturated/α-hetero) is 1. The Morgan fingerprint density at radius 3 is 2.50 bits per heavy atom. The zero-order valence-corrected chi connectivity index (χ0v) is 15.9. The Kier molecular flexibility index (Phi) is 4.11. The SMILES string of the molecule is CCN1C2Nc3ncccc3C2C(c2ccccc2)C1C(=O)C(C)(C)C. The van der Waals surface area contributed by atoms with E-state index in [-0.39, 0.29) is 29.5 Å². The maximum absolute atomic E-state index is 13.5. The molecule has 2 aromatic rings. The Bertz CT molecular complexity index is 812. The lowest BCUT2D eigenvalue weighted by atomic mass is 9.75. The van der Waals surface area contributed by atoms with Crippen molar-refractivity contribution < 1.29 is 4.79 Å². The van der Waals surface area contributed by atoms with Crippen LogP contribution < -0.4 is 5.32 Å². The molecule has 2 aliphatic rings. The van der Waals surface area contributed by atoms with Crippen molar-refractivity contribution in [2.24, 2.45) is 5.41 Å². The molecule has 4 unspecified atom stereocenters. The fraction of sp³-hybridized carbons (Fsp3) is 0.455. The predicted octanol–water partition coefficient (Wildman–Crippen LogP) is 4.02. The maximum Gasteiger partial charge on any atom is 0.155 e. The Labute approximate surface area is 155 Å². The minimum absolute atomic E-state index is 0.117. The molecule has 0 saturated carbocycles. The molecule has 26 heavy (non-hydrogen) atoms. The van der Waals surface area contributed by atoms with Crippen molar-refractivity contribution in [1.29, 1.82) is 0 Å². The molecule has 4 rings (SSSR count). The number of carbonyl (C=O) groups is 1. The average Bonchev–Trinajstić information content (AvgIpc) is 3.14. The van der Waals surface area contributed by atoms with E-state index in [9.17, 15) is 4.79 Å². The standard InChI is InChI=1S/C22H27N3O/c1-5-25-18(19(26)22(2,3)4)16(14-10-7-6-8-11-14)17-15-12-9-13-23-20(15)24-21(17)25/h6-13,16-18,21H,5H2,1-4H3,(H,23,24). The summed E-state index contributed by atoms with van der Waals surface area (Å²) in [6.07, 6.45) is 1.95. The number of carbonyl (C=O) groups excluding carboxylic acids is 1. The number of ketones is 1. The molecule has 1 aromatic heterocycles. The van der Waals surface area contributed by atoms with Crippen LogP contribution in [-0.2, 0) is 4.79 Å². The molecule has 136 valence electrons. The quantitative estimate of drug-likeness (QED) is 0.909. The van der Waals surface area contributed by atoms with Gasteiger partial charge in [0.15, 0.2) is 5.78 Å². The molecule has 0 aliphatic carbocycles. The van der Waals surface area contributed by atoms with Gasteiger partial charge in [-0.25, -0.2) is 4.98 Å². The minimum Gasteiger partial charge on any atom is -0.354 e. The fourth-order valence-corrected chi connectivity index (χ4v) is 4.68. The van der Waals surface area contributed by atoms with Crippen LogP contribution in [0, 0.1) is 5.41 Å². The molecule has 2 aliphatic heterocycles. The lowest BCUT2D eigenvalue weighted by Gasteiger charge is -2.34. The van der Waals surface area contributed by atoms with Crippen molar-refractivity contribution in [2.75, 3.05) is 11.9 Å². The molecule has 1 fully saturated rings. The normalized spacial score (nSPS) is 27.7. The van der Waals surface area contributed by atoms with Crippen molar-refractivity contribution in [3.63, 3.8) is 0 Å². The monoisotopic (exact) mass is 349 g/mol. The first kappa shape index (κ1) is 17.2. The molecule has 4 nitrogen and oxygen atoms in total. The van der Waals surface area contributed by atoms with E-state index in [4.69, 9.17) is 0 Å². The molecule has 4 heteroatoms. The van der Waals surface area contributed by atoms with Gasteiger partial charge in [-0.3, -0.25) is 9.69 Å². The average molecular weight is 349 g/mol. The van der Waals surface area contributed by atoms with Gasteiger partial charge >= 0.3 is 0 Å². The summed E-state index contributed by atoms with van der Waals surface area (Å²) in [5.74, 6) is 1.64. The van der Waals surface area contributed by atoms with E-state index < -0.39 is 0 Å². The fourth-order valence-electron chi connectivity index (χ4n) is 4.68. The highest BCUT2D eigenvalue weighted by Gasteiger charge is 2.56. The summed E-state index contributed by atoms with van der Waals surface area (Å²) < 4.78 is 0. The first-order valence-electron chi connectivity index (χ1n) is 9.50. The van der Waals surface area contributed by atoms with Crippen LogP contribution in [0.25, 0.3) is 0 Å². The molecule has 1 saturated heterocycles. The van der Waals surface area contributed by atoms with Gasteiger partial charge in [-0.05, 0) is 18.2 Å². The van der Waals surface area contributed by atoms with Gasteiger partial charge in [0, 0.05) is 29.0 Å². The molecular formula is C22H27N3O. The number of rotatable bonds is 3. The molecular weight excluding hydrogens is 322 g/mol. The van der Waals surface area contributed by atoms with Crippen LogP contribution >= 0.6 is 0 Å². The van der Waals surface area contributed by atoms with Gasteiger partial charge in [0.1, 0.15) is 5.82 Å². The number of aromatic nitrogens is 1. The van der Waals surface area contributed by atoms with E-state index in [0.717, 1.165) is 12.4 Å². The van der Waals surface area contributed by atoms with Crippen LogP contribution in [0.4, 0.5) is 5.82 Å². The Morgan fingerprint density at radius 1 is 1.12 bits per heavy atom. The van der Waals surface area contributed by atoms with E-state index in [1.165, 1.54) is 11.1 Å². The molecule has 0 bridgehead atoms. The van der Waals surface area contributed by atoms with Crippen molar-refractivity contribution >= 4 is 11.6 Å². The highest BCUT2D eigenvalue weighted by molar-refractivity contribution is 5.91.